The highest BCUT2D eigenvalue weighted by atomic mass is 79.9. The summed E-state index contributed by atoms with van der Waals surface area (Å²) in [6.45, 7) is 7.77. The van der Waals surface area contributed by atoms with Crippen LogP contribution in [0.1, 0.15) is 81.6 Å². The second-order valence-electron chi connectivity index (χ2n) is 13.7. The molecule has 0 bridgehead atoms. The third-order valence-corrected chi connectivity index (χ3v) is 10.5. The van der Waals surface area contributed by atoms with Crippen molar-refractivity contribution in [3.8, 4) is 23.0 Å². The maximum Gasteiger partial charge on any atom is 0.199 e. The average Bonchev–Trinajstić information content (AvgIpc) is 3.61. The normalized spacial score (nSPS) is 25.0. The highest BCUT2D eigenvalue weighted by Gasteiger charge is 2.31. The first-order chi connectivity index (χ1) is 23.9. The molecule has 0 spiro atoms. The van der Waals surface area contributed by atoms with Crippen LogP contribution < -0.4 is 18.9 Å². The van der Waals surface area contributed by atoms with Gasteiger partial charge < -0.3 is 28.4 Å². The number of rotatable bonds is 11. The molecular weight excluding hydrogens is 689 g/mol. The largest absolute Gasteiger partial charge is 0.492 e. The van der Waals surface area contributed by atoms with Crippen LogP contribution >= 0.6 is 15.9 Å². The highest BCUT2D eigenvalue weighted by Crippen LogP contribution is 2.48. The molecule has 7 rings (SSSR count). The van der Waals surface area contributed by atoms with Crippen LogP contribution in [0.25, 0.3) is 11.1 Å². The summed E-state index contributed by atoms with van der Waals surface area (Å²) in [4.78, 5) is 2.32. The SMILES string of the molecule is CC1=C(c2cc(Br)cc(OC3CCCCO3)c2)C(c2ccc(OC[C@H](C)N3CC[C@@H](CF)C3)cc2)Oc2ccc(OC3CCCCO3)cc21. The molecular formula is C40H47BrFNO6. The van der Waals surface area contributed by atoms with Gasteiger partial charge in [-0.15, -0.1) is 0 Å². The first-order valence-corrected chi connectivity index (χ1v) is 18.6. The van der Waals surface area contributed by atoms with Crippen LogP contribution in [0.4, 0.5) is 4.39 Å². The first kappa shape index (κ1) is 34.3. The summed E-state index contributed by atoms with van der Waals surface area (Å²) in [6.07, 6.45) is 6.15. The van der Waals surface area contributed by atoms with Gasteiger partial charge in [0.25, 0.3) is 0 Å². The summed E-state index contributed by atoms with van der Waals surface area (Å²) in [7, 11) is 0. The predicted molar refractivity (Wildman–Crippen MR) is 192 cm³/mol. The Morgan fingerprint density at radius 2 is 1.57 bits per heavy atom. The molecule has 3 aromatic rings. The molecule has 0 saturated carbocycles. The summed E-state index contributed by atoms with van der Waals surface area (Å²) in [5.41, 5.74) is 5.16. The fourth-order valence-corrected chi connectivity index (χ4v) is 7.73. The van der Waals surface area contributed by atoms with E-state index in [9.17, 15) is 4.39 Å². The molecule has 4 aliphatic rings. The van der Waals surface area contributed by atoms with E-state index in [-0.39, 0.29) is 37.3 Å². The molecule has 49 heavy (non-hydrogen) atoms. The summed E-state index contributed by atoms with van der Waals surface area (Å²) in [5.74, 6) is 3.26. The maximum atomic E-state index is 13.2. The Balaban J connectivity index is 1.17. The Morgan fingerprint density at radius 3 is 2.24 bits per heavy atom. The van der Waals surface area contributed by atoms with E-state index in [2.05, 4.69) is 65.0 Å². The second-order valence-corrected chi connectivity index (χ2v) is 14.6. The topological polar surface area (TPSA) is 58.6 Å². The Morgan fingerprint density at radius 1 is 0.857 bits per heavy atom. The zero-order chi connectivity index (χ0) is 33.7. The molecule has 3 aromatic carbocycles. The number of allylic oxidation sites excluding steroid dienone is 1. The molecule has 7 nitrogen and oxygen atoms in total. The van der Waals surface area contributed by atoms with Gasteiger partial charge in [-0.1, -0.05) is 28.1 Å². The van der Waals surface area contributed by atoms with Gasteiger partial charge in [-0.2, -0.15) is 0 Å². The number of likely N-dealkylation sites (tertiary alicyclic amines) is 1. The van der Waals surface area contributed by atoms with Crippen molar-refractivity contribution in [2.45, 2.75) is 83.5 Å². The molecule has 0 aromatic heterocycles. The minimum atomic E-state index is -0.371. The molecule has 9 heteroatoms. The van der Waals surface area contributed by atoms with E-state index >= 15 is 0 Å². The molecule has 0 radical (unpaired) electrons. The fraction of sp³-hybridized carbons (Fsp3) is 0.500. The Kier molecular flexibility index (Phi) is 11.1. The number of halogens is 2. The summed E-state index contributed by atoms with van der Waals surface area (Å²) >= 11 is 3.75. The lowest BCUT2D eigenvalue weighted by Gasteiger charge is -2.32. The summed E-state index contributed by atoms with van der Waals surface area (Å²) in [5, 5.41) is 0. The van der Waals surface area contributed by atoms with Gasteiger partial charge in [0.1, 0.15) is 35.7 Å². The van der Waals surface area contributed by atoms with Crippen LogP contribution in [-0.2, 0) is 9.47 Å². The van der Waals surface area contributed by atoms with Gasteiger partial charge in [-0.05, 0) is 118 Å². The van der Waals surface area contributed by atoms with E-state index < -0.39 is 0 Å². The zero-order valence-electron chi connectivity index (χ0n) is 28.5. The fourth-order valence-electron chi connectivity index (χ4n) is 7.26. The molecule has 0 amide bonds. The average molecular weight is 737 g/mol. The van der Waals surface area contributed by atoms with Gasteiger partial charge in [-0.25, -0.2) is 0 Å². The smallest absolute Gasteiger partial charge is 0.199 e. The van der Waals surface area contributed by atoms with Crippen LogP contribution in [0.15, 0.2) is 65.1 Å². The second kappa shape index (κ2) is 15.8. The molecule has 0 aliphatic carbocycles. The van der Waals surface area contributed by atoms with Crippen LogP contribution in [0.3, 0.4) is 0 Å². The Labute approximate surface area is 297 Å². The highest BCUT2D eigenvalue weighted by molar-refractivity contribution is 9.10. The van der Waals surface area contributed by atoms with E-state index in [0.29, 0.717) is 6.61 Å². The van der Waals surface area contributed by atoms with Crippen molar-refractivity contribution in [2.75, 3.05) is 39.6 Å². The number of alkyl halides is 1. The van der Waals surface area contributed by atoms with Crippen LogP contribution in [-0.4, -0.2) is 63.1 Å². The first-order valence-electron chi connectivity index (χ1n) is 17.9. The third-order valence-electron chi connectivity index (χ3n) is 10.1. The molecule has 3 unspecified atom stereocenters. The molecule has 3 fully saturated rings. The zero-order valence-corrected chi connectivity index (χ0v) is 30.1. The van der Waals surface area contributed by atoms with E-state index in [0.717, 1.165) is 127 Å². The minimum absolute atomic E-state index is 0.145. The number of benzene rings is 3. The van der Waals surface area contributed by atoms with Crippen molar-refractivity contribution in [1.82, 2.24) is 4.90 Å². The van der Waals surface area contributed by atoms with Crippen LogP contribution in [0, 0.1) is 5.92 Å². The van der Waals surface area contributed by atoms with Gasteiger partial charge in [0.2, 0.25) is 0 Å². The molecule has 262 valence electrons. The van der Waals surface area contributed by atoms with Gasteiger partial charge >= 0.3 is 0 Å². The van der Waals surface area contributed by atoms with Crippen molar-refractivity contribution >= 4 is 27.1 Å². The van der Waals surface area contributed by atoms with Crippen molar-refractivity contribution in [2.24, 2.45) is 5.92 Å². The number of fused-ring (bicyclic) bond motifs is 1. The number of ether oxygens (including phenoxy) is 6. The van der Waals surface area contributed by atoms with Crippen molar-refractivity contribution in [1.29, 1.82) is 0 Å². The lowest BCUT2D eigenvalue weighted by atomic mass is 9.86. The Hall–Kier alpha value is -3.11. The van der Waals surface area contributed by atoms with E-state index in [4.69, 9.17) is 28.4 Å². The maximum absolute atomic E-state index is 13.2. The van der Waals surface area contributed by atoms with Gasteiger partial charge in [0, 0.05) is 47.0 Å². The minimum Gasteiger partial charge on any atom is -0.492 e. The number of nitrogens with zero attached hydrogens (tertiary/aromatic N) is 1. The van der Waals surface area contributed by atoms with E-state index in [1.54, 1.807) is 0 Å². The summed E-state index contributed by atoms with van der Waals surface area (Å²) < 4.78 is 51.5. The third kappa shape index (κ3) is 8.28. The lowest BCUT2D eigenvalue weighted by molar-refractivity contribution is -0.106. The summed E-state index contributed by atoms with van der Waals surface area (Å²) in [6, 6.07) is 20.7. The predicted octanol–water partition coefficient (Wildman–Crippen LogP) is 9.38. The number of hydrogen-bond donors (Lipinski definition) is 0. The van der Waals surface area contributed by atoms with Gasteiger partial charge in [0.05, 0.1) is 19.9 Å². The molecule has 5 atom stereocenters. The molecule has 4 heterocycles. The van der Waals surface area contributed by atoms with Crippen LogP contribution in [0.2, 0.25) is 0 Å². The van der Waals surface area contributed by atoms with Crippen LogP contribution in [0.5, 0.6) is 23.0 Å². The monoisotopic (exact) mass is 735 g/mol. The van der Waals surface area contributed by atoms with Crippen molar-refractivity contribution in [3.63, 3.8) is 0 Å². The Bertz CT molecular complexity index is 1600. The quantitative estimate of drug-likeness (QED) is 0.195. The molecule has 4 aliphatic heterocycles. The molecule has 0 N–H and O–H groups in total. The lowest BCUT2D eigenvalue weighted by Crippen LogP contribution is -2.35. The van der Waals surface area contributed by atoms with Crippen molar-refractivity contribution < 1.29 is 32.8 Å². The standard InChI is InChI=1S/C40H47BrFNO6/c1-26(43-16-15-28(23-42)24-43)25-46-32-11-9-29(10-12-32)40-39(30-19-31(41)21-34(20-30)48-38-8-4-6-18-45-38)27(2)35-22-33(13-14-36(35)49-40)47-37-7-3-5-17-44-37/h9-14,19-22,26,28,37-38,40H,3-8,15-18,23-25H2,1-2H3/t26-,28-,37?,38?,40?/m0/s1. The van der Waals surface area contributed by atoms with E-state index in [1.807, 2.05) is 30.3 Å². The molecule has 3 saturated heterocycles. The van der Waals surface area contributed by atoms with Gasteiger partial charge in [-0.3, -0.25) is 9.29 Å². The number of hydrogen-bond acceptors (Lipinski definition) is 7. The van der Waals surface area contributed by atoms with E-state index in [1.165, 1.54) is 0 Å². The van der Waals surface area contributed by atoms with Gasteiger partial charge in [0.15, 0.2) is 12.6 Å². The van der Waals surface area contributed by atoms with Crippen molar-refractivity contribution in [3.05, 3.63) is 81.8 Å².